The number of carbonyl (C=O) groups excluding carboxylic acids is 2. The van der Waals surface area contributed by atoms with E-state index in [0.717, 1.165) is 9.81 Å². The fraction of sp³-hybridized carbons (Fsp3) is 0. The number of urea groups is 2. The molecule has 4 aromatic carbocycles. The second-order valence-electron chi connectivity index (χ2n) is 8.94. The molecule has 6 aromatic rings. The molecule has 2 heterocycles. The van der Waals surface area contributed by atoms with Gasteiger partial charge >= 0.3 is 12.1 Å². The molecule has 0 aliphatic rings. The first-order valence-electron chi connectivity index (χ1n) is 12.7. The van der Waals surface area contributed by atoms with E-state index in [1.165, 1.54) is 0 Å². The lowest BCUT2D eigenvalue weighted by molar-refractivity contribution is 0.257. The maximum Gasteiger partial charge on any atom is 0.341 e. The second-order valence-corrected chi connectivity index (χ2v) is 10.5. The quantitative estimate of drug-likeness (QED) is 0.155. The smallest absolute Gasteiger partial charge is 0.305 e. The van der Waals surface area contributed by atoms with Crippen LogP contribution in [0.2, 0.25) is 20.1 Å². The van der Waals surface area contributed by atoms with Gasteiger partial charge in [0, 0.05) is 0 Å². The molecule has 4 amide bonds. The topological polar surface area (TPSA) is 191 Å². The molecule has 0 aliphatic carbocycles. The van der Waals surface area contributed by atoms with Crippen molar-refractivity contribution in [3.8, 4) is 12.1 Å². The van der Waals surface area contributed by atoms with Gasteiger partial charge < -0.3 is 10.6 Å². The highest BCUT2D eigenvalue weighted by atomic mass is 35.5. The Kier molecular flexibility index (Phi) is 9.66. The molecule has 0 atom stereocenters. The summed E-state index contributed by atoms with van der Waals surface area (Å²) in [5.41, 5.74) is 8.56. The molecular weight excluding hydrogens is 678 g/mol. The first-order valence-corrected chi connectivity index (χ1v) is 14.2. The summed E-state index contributed by atoms with van der Waals surface area (Å²) >= 11 is 23.7. The van der Waals surface area contributed by atoms with Crippen molar-refractivity contribution in [1.29, 1.82) is 10.5 Å². The van der Waals surface area contributed by atoms with Crippen LogP contribution in [0.1, 0.15) is 11.1 Å². The Hall–Kier alpha value is -5.64. The summed E-state index contributed by atoms with van der Waals surface area (Å²) in [6, 6.07) is 22.3. The molecule has 0 saturated heterocycles. The van der Waals surface area contributed by atoms with Gasteiger partial charge in [0.15, 0.2) is 0 Å². The predicted molar refractivity (Wildman–Crippen MR) is 174 cm³/mol. The summed E-state index contributed by atoms with van der Waals surface area (Å²) in [6.07, 6.45) is 0. The number of fused-ring (bicyclic) bond motifs is 2. The first-order chi connectivity index (χ1) is 22.1. The van der Waals surface area contributed by atoms with E-state index in [2.05, 4.69) is 41.9 Å². The van der Waals surface area contributed by atoms with Crippen molar-refractivity contribution in [3.63, 3.8) is 0 Å². The number of nitrogens with one attached hydrogen (secondary N) is 4. The lowest BCUT2D eigenvalue weighted by atomic mass is 10.2. The predicted octanol–water partition coefficient (Wildman–Crippen LogP) is 6.77. The Bertz CT molecular complexity index is 2050. The van der Waals surface area contributed by atoms with Crippen molar-refractivity contribution >= 4 is 91.9 Å². The highest BCUT2D eigenvalue weighted by Gasteiger charge is 2.12. The maximum absolute atomic E-state index is 12.0. The lowest BCUT2D eigenvalue weighted by Crippen LogP contribution is -2.29. The zero-order chi connectivity index (χ0) is 32.8. The summed E-state index contributed by atoms with van der Waals surface area (Å²) in [5.74, 6) is 0. The van der Waals surface area contributed by atoms with Crippen LogP contribution in [0.25, 0.3) is 22.1 Å². The van der Waals surface area contributed by atoms with Crippen molar-refractivity contribution in [1.82, 2.24) is 30.2 Å². The standard InChI is InChI=1S/2C14H8Cl2N6O/c2*15-9-2-1-3-11(13(9)16)18-14(23)21-22-19-10-5-4-8(7-17)6-12(10)20-22/h2*1-6H,(H2,18,21,23). The van der Waals surface area contributed by atoms with Crippen molar-refractivity contribution in [2.45, 2.75) is 0 Å². The average molecular weight is 694 g/mol. The Morgan fingerprint density at radius 1 is 0.587 bits per heavy atom. The highest BCUT2D eigenvalue weighted by Crippen LogP contribution is 2.30. The second kappa shape index (κ2) is 14.0. The molecule has 6 rings (SSSR count). The van der Waals surface area contributed by atoms with Crippen LogP contribution >= 0.6 is 46.4 Å². The number of nitriles is 2. The monoisotopic (exact) mass is 692 g/mol. The van der Waals surface area contributed by atoms with E-state index in [1.54, 1.807) is 72.8 Å². The minimum Gasteiger partial charge on any atom is -0.305 e. The third kappa shape index (κ3) is 7.52. The normalized spacial score (nSPS) is 10.3. The third-order valence-corrected chi connectivity index (χ3v) is 7.46. The van der Waals surface area contributed by atoms with E-state index in [4.69, 9.17) is 56.9 Å². The van der Waals surface area contributed by atoms with E-state index in [9.17, 15) is 9.59 Å². The number of anilines is 2. The van der Waals surface area contributed by atoms with Crippen molar-refractivity contribution in [2.75, 3.05) is 21.5 Å². The van der Waals surface area contributed by atoms with Gasteiger partial charge in [-0.1, -0.05) is 68.3 Å². The number of hydrogen-bond donors (Lipinski definition) is 4. The summed E-state index contributed by atoms with van der Waals surface area (Å²) in [4.78, 5) is 26.0. The third-order valence-electron chi connectivity index (χ3n) is 5.82. The molecule has 46 heavy (non-hydrogen) atoms. The van der Waals surface area contributed by atoms with Gasteiger partial charge in [-0.3, -0.25) is 0 Å². The molecule has 0 unspecified atom stereocenters. The molecule has 0 bridgehead atoms. The first kappa shape index (κ1) is 31.8. The highest BCUT2D eigenvalue weighted by molar-refractivity contribution is 6.44. The van der Waals surface area contributed by atoms with Gasteiger partial charge in [0.1, 0.15) is 22.1 Å². The molecule has 0 radical (unpaired) electrons. The summed E-state index contributed by atoms with van der Waals surface area (Å²) in [7, 11) is 0. The summed E-state index contributed by atoms with van der Waals surface area (Å²) in [5, 5.41) is 40.2. The Morgan fingerprint density at radius 3 is 1.37 bits per heavy atom. The minimum atomic E-state index is -0.588. The molecule has 4 N–H and O–H groups in total. The molecule has 2 aromatic heterocycles. The molecule has 0 saturated carbocycles. The van der Waals surface area contributed by atoms with Crippen LogP contribution in [0, 0.1) is 22.7 Å². The minimum absolute atomic E-state index is 0.238. The van der Waals surface area contributed by atoms with Crippen LogP contribution in [0.15, 0.2) is 72.8 Å². The molecule has 0 aliphatic heterocycles. The fourth-order valence-electron chi connectivity index (χ4n) is 3.75. The number of carbonyl (C=O) groups is 2. The van der Waals surface area contributed by atoms with Crippen LogP contribution in [0.5, 0.6) is 0 Å². The SMILES string of the molecule is N#Cc1ccc2nn(NC(=O)Nc3cccc(Cl)c3Cl)nc2c1.N#Cc1ccc2nn(NC(=O)Nc3cccc(Cl)c3Cl)nc2c1. The van der Waals surface area contributed by atoms with E-state index in [-0.39, 0.29) is 10.0 Å². The Labute approximate surface area is 278 Å². The van der Waals surface area contributed by atoms with Gasteiger partial charge in [-0.05, 0) is 60.7 Å². The lowest BCUT2D eigenvalue weighted by Gasteiger charge is -2.08. The largest absolute Gasteiger partial charge is 0.341 e. The molecule has 228 valence electrons. The number of halogens is 4. The summed E-state index contributed by atoms with van der Waals surface area (Å²) in [6.45, 7) is 0. The van der Waals surface area contributed by atoms with Crippen LogP contribution in [0.3, 0.4) is 0 Å². The van der Waals surface area contributed by atoms with Crippen LogP contribution < -0.4 is 21.5 Å². The van der Waals surface area contributed by atoms with Gasteiger partial charge in [0.2, 0.25) is 0 Å². The molecule has 0 spiro atoms. The zero-order valence-electron chi connectivity index (χ0n) is 22.8. The van der Waals surface area contributed by atoms with Crippen LogP contribution in [0.4, 0.5) is 21.0 Å². The van der Waals surface area contributed by atoms with Gasteiger partial charge in [-0.25, -0.2) is 20.4 Å². The molecule has 14 nitrogen and oxygen atoms in total. The van der Waals surface area contributed by atoms with Crippen molar-refractivity contribution in [2.24, 2.45) is 0 Å². The van der Waals surface area contributed by atoms with Crippen LogP contribution in [-0.4, -0.2) is 42.3 Å². The summed E-state index contributed by atoms with van der Waals surface area (Å²) < 4.78 is 0. The van der Waals surface area contributed by atoms with Crippen LogP contribution in [-0.2, 0) is 0 Å². The number of aromatic nitrogens is 6. The zero-order valence-corrected chi connectivity index (χ0v) is 25.9. The molecule has 18 heteroatoms. The molecule has 0 fully saturated rings. The number of rotatable bonds is 4. The van der Waals surface area contributed by atoms with E-state index < -0.39 is 12.1 Å². The number of hydrogen-bond acceptors (Lipinski definition) is 8. The van der Waals surface area contributed by atoms with E-state index in [0.29, 0.717) is 54.6 Å². The maximum atomic E-state index is 12.0. The molecular formula is C28H16Cl4N12O2. The number of nitrogens with zero attached hydrogens (tertiary/aromatic N) is 8. The average Bonchev–Trinajstić information content (AvgIpc) is 3.63. The van der Waals surface area contributed by atoms with E-state index in [1.807, 2.05) is 12.1 Å². The van der Waals surface area contributed by atoms with Crippen molar-refractivity contribution in [3.05, 3.63) is 104 Å². The Morgan fingerprint density at radius 2 is 0.978 bits per heavy atom. The van der Waals surface area contributed by atoms with Gasteiger partial charge in [0.25, 0.3) is 0 Å². The fourth-order valence-corrected chi connectivity index (χ4v) is 4.45. The number of amides is 4. The van der Waals surface area contributed by atoms with Gasteiger partial charge in [-0.15, -0.1) is 20.4 Å². The van der Waals surface area contributed by atoms with E-state index >= 15 is 0 Å². The van der Waals surface area contributed by atoms with Gasteiger partial charge in [0.05, 0.1) is 54.7 Å². The Balaban J connectivity index is 0.000000181. The number of benzene rings is 4. The van der Waals surface area contributed by atoms with Gasteiger partial charge in [-0.2, -0.15) is 10.5 Å². The van der Waals surface area contributed by atoms with Crippen molar-refractivity contribution < 1.29 is 9.59 Å².